The van der Waals surface area contributed by atoms with Crippen LogP contribution in [-0.2, 0) is 19.6 Å². The van der Waals surface area contributed by atoms with Crippen molar-refractivity contribution < 1.29 is 22.5 Å². The molecule has 0 saturated heterocycles. The number of ether oxygens (including phenoxy) is 1. The summed E-state index contributed by atoms with van der Waals surface area (Å²) in [6, 6.07) is 0. The van der Waals surface area contributed by atoms with Crippen LogP contribution >= 0.6 is 0 Å². The van der Waals surface area contributed by atoms with Crippen LogP contribution in [0, 0.1) is 0 Å². The molecular weight excluding hydrogens is 183 g/mol. The van der Waals surface area contributed by atoms with Crippen molar-refractivity contribution in [2.24, 2.45) is 0 Å². The molecular formula is C4H4NaO5S. The summed E-state index contributed by atoms with van der Waals surface area (Å²) < 4.78 is 32.9. The third kappa shape index (κ3) is 2.57. The van der Waals surface area contributed by atoms with Gasteiger partial charge in [0, 0.05) is 29.6 Å². The van der Waals surface area contributed by atoms with Gasteiger partial charge in [-0.3, -0.25) is 4.55 Å². The van der Waals surface area contributed by atoms with Crippen LogP contribution in [0.1, 0.15) is 0 Å². The summed E-state index contributed by atoms with van der Waals surface area (Å²) in [5.41, 5.74) is 0. The van der Waals surface area contributed by atoms with Crippen LogP contribution in [0.25, 0.3) is 0 Å². The molecule has 0 bridgehead atoms. The molecule has 1 aliphatic rings. The molecule has 0 aromatic heterocycles. The molecule has 1 aliphatic heterocycles. The van der Waals surface area contributed by atoms with Gasteiger partial charge in [0.2, 0.25) is 5.25 Å². The predicted molar refractivity (Wildman–Crippen MR) is 36.3 cm³/mol. The van der Waals surface area contributed by atoms with E-state index in [0.717, 1.165) is 12.3 Å². The van der Waals surface area contributed by atoms with Gasteiger partial charge in [0.15, 0.2) is 0 Å². The quantitative estimate of drug-likeness (QED) is 0.321. The van der Waals surface area contributed by atoms with Crippen LogP contribution in [0.2, 0.25) is 0 Å². The number of cyclic esters (lactones) is 1. The van der Waals surface area contributed by atoms with Crippen LogP contribution < -0.4 is 0 Å². The van der Waals surface area contributed by atoms with Crippen LogP contribution in [0.3, 0.4) is 0 Å². The Morgan fingerprint density at radius 2 is 2.09 bits per heavy atom. The number of carbonyl (C=O) groups excluding carboxylic acids is 1. The third-order valence-corrected chi connectivity index (χ3v) is 1.98. The molecule has 0 spiro atoms. The zero-order chi connectivity index (χ0) is 7.78. The Bertz CT molecular complexity index is 279. The van der Waals surface area contributed by atoms with Crippen LogP contribution in [0.15, 0.2) is 12.3 Å². The first-order valence-corrected chi connectivity index (χ1v) is 3.85. The number of rotatable bonds is 1. The van der Waals surface area contributed by atoms with Crippen LogP contribution in [0.5, 0.6) is 0 Å². The molecule has 0 aliphatic carbocycles. The van der Waals surface area contributed by atoms with Gasteiger partial charge in [-0.2, -0.15) is 8.42 Å². The number of esters is 1. The van der Waals surface area contributed by atoms with E-state index in [0.29, 0.717) is 0 Å². The van der Waals surface area contributed by atoms with Gasteiger partial charge >= 0.3 is 5.97 Å². The van der Waals surface area contributed by atoms with Gasteiger partial charge < -0.3 is 4.74 Å². The van der Waals surface area contributed by atoms with E-state index in [9.17, 15) is 13.2 Å². The van der Waals surface area contributed by atoms with E-state index in [2.05, 4.69) is 4.74 Å². The number of carbonyl (C=O) groups is 1. The first-order chi connectivity index (χ1) is 4.52. The minimum Gasteiger partial charge on any atom is -0.434 e. The standard InChI is InChI=1S/C4H4O5S.Na/c5-4-3(1-2-9-4)10(6,7)8;/h1-3H,(H,6,7,8);. The fourth-order valence-corrected chi connectivity index (χ4v) is 1.11. The summed E-state index contributed by atoms with van der Waals surface area (Å²) in [6.45, 7) is 0. The first-order valence-electron chi connectivity index (χ1n) is 2.35. The van der Waals surface area contributed by atoms with Crippen molar-refractivity contribution in [1.82, 2.24) is 0 Å². The van der Waals surface area contributed by atoms with Crippen molar-refractivity contribution in [1.29, 1.82) is 0 Å². The fraction of sp³-hybridized carbons (Fsp3) is 0.250. The van der Waals surface area contributed by atoms with Gasteiger partial charge in [0.25, 0.3) is 10.1 Å². The van der Waals surface area contributed by atoms with Crippen molar-refractivity contribution in [2.75, 3.05) is 0 Å². The molecule has 1 unspecified atom stereocenters. The third-order valence-electron chi connectivity index (χ3n) is 0.991. The van der Waals surface area contributed by atoms with Gasteiger partial charge in [0.05, 0.1) is 6.26 Å². The minimum absolute atomic E-state index is 0. The Balaban J connectivity index is 0.000001000. The second-order valence-corrected chi connectivity index (χ2v) is 3.24. The minimum atomic E-state index is -4.31. The van der Waals surface area contributed by atoms with Crippen LogP contribution in [0.4, 0.5) is 0 Å². The summed E-state index contributed by atoms with van der Waals surface area (Å²) in [6.07, 6.45) is 1.90. The van der Waals surface area contributed by atoms with E-state index in [1.165, 1.54) is 0 Å². The van der Waals surface area contributed by atoms with E-state index in [1.54, 1.807) is 0 Å². The molecule has 0 aromatic carbocycles. The second kappa shape index (κ2) is 3.68. The van der Waals surface area contributed by atoms with Crippen molar-refractivity contribution >= 4 is 45.6 Å². The van der Waals surface area contributed by atoms with Gasteiger partial charge in [-0.05, 0) is 6.08 Å². The van der Waals surface area contributed by atoms with Gasteiger partial charge in [-0.15, -0.1) is 0 Å². The Kier molecular flexibility index (Phi) is 3.72. The fourth-order valence-electron chi connectivity index (χ4n) is 0.544. The van der Waals surface area contributed by atoms with Gasteiger partial charge in [0.1, 0.15) is 0 Å². The van der Waals surface area contributed by atoms with Crippen molar-refractivity contribution in [3.05, 3.63) is 12.3 Å². The normalized spacial score (nSPS) is 22.6. The van der Waals surface area contributed by atoms with Crippen LogP contribution in [-0.4, -0.2) is 53.7 Å². The molecule has 5 nitrogen and oxygen atoms in total. The number of hydrogen-bond donors (Lipinski definition) is 1. The van der Waals surface area contributed by atoms with E-state index in [4.69, 9.17) is 4.55 Å². The van der Waals surface area contributed by atoms with E-state index >= 15 is 0 Å². The average molecular weight is 187 g/mol. The zero-order valence-electron chi connectivity index (χ0n) is 5.72. The van der Waals surface area contributed by atoms with Crippen molar-refractivity contribution in [2.45, 2.75) is 5.25 Å². The summed E-state index contributed by atoms with van der Waals surface area (Å²) in [5, 5.41) is -1.53. The second-order valence-electron chi connectivity index (χ2n) is 1.70. The maximum absolute atomic E-state index is 10.4. The average Bonchev–Trinajstić information content (AvgIpc) is 2.11. The summed E-state index contributed by atoms with van der Waals surface area (Å²) in [5.74, 6) is -0.970. The molecule has 11 heavy (non-hydrogen) atoms. The molecule has 1 atom stereocenters. The van der Waals surface area contributed by atoms with E-state index in [1.807, 2.05) is 0 Å². The Labute approximate surface area is 85.5 Å². The molecule has 1 N–H and O–H groups in total. The molecule has 57 valence electrons. The molecule has 0 fully saturated rings. The van der Waals surface area contributed by atoms with Gasteiger partial charge in [-0.1, -0.05) is 0 Å². The predicted octanol–water partition coefficient (Wildman–Crippen LogP) is -1.07. The first kappa shape index (κ1) is 11.1. The SMILES string of the molecule is O=C1OC=CC1S(=O)(=O)O.[Na]. The Morgan fingerprint density at radius 3 is 2.27 bits per heavy atom. The summed E-state index contributed by atoms with van der Waals surface area (Å²) in [4.78, 5) is 10.4. The molecule has 1 rings (SSSR count). The maximum Gasteiger partial charge on any atom is 0.335 e. The Morgan fingerprint density at radius 1 is 1.55 bits per heavy atom. The molecule has 0 aromatic rings. The molecule has 0 saturated carbocycles. The van der Waals surface area contributed by atoms with E-state index < -0.39 is 21.3 Å². The molecule has 7 heteroatoms. The largest absolute Gasteiger partial charge is 0.434 e. The topological polar surface area (TPSA) is 80.7 Å². The van der Waals surface area contributed by atoms with Crippen molar-refractivity contribution in [3.8, 4) is 0 Å². The molecule has 0 amide bonds. The van der Waals surface area contributed by atoms with Crippen molar-refractivity contribution in [3.63, 3.8) is 0 Å². The van der Waals surface area contributed by atoms with Gasteiger partial charge in [-0.25, -0.2) is 4.79 Å². The molecule has 1 heterocycles. The molecule has 1 radical (unpaired) electrons. The zero-order valence-corrected chi connectivity index (χ0v) is 8.54. The summed E-state index contributed by atoms with van der Waals surface area (Å²) >= 11 is 0. The van der Waals surface area contributed by atoms with E-state index in [-0.39, 0.29) is 29.6 Å². The Hall–Kier alpha value is 0.120. The monoisotopic (exact) mass is 187 g/mol. The maximum atomic E-state index is 10.4. The smallest absolute Gasteiger partial charge is 0.335 e. The summed E-state index contributed by atoms with van der Waals surface area (Å²) in [7, 11) is -4.31. The number of hydrogen-bond acceptors (Lipinski definition) is 4.